The summed E-state index contributed by atoms with van der Waals surface area (Å²) in [5.74, 6) is -0.940. The quantitative estimate of drug-likeness (QED) is 0.737. The van der Waals surface area contributed by atoms with Crippen LogP contribution in [0.2, 0.25) is 0 Å². The van der Waals surface area contributed by atoms with Crippen LogP contribution < -0.4 is 4.74 Å². The Morgan fingerprint density at radius 2 is 2.12 bits per heavy atom. The Labute approximate surface area is 93.5 Å². The van der Waals surface area contributed by atoms with Crippen molar-refractivity contribution in [3.8, 4) is 11.8 Å². The summed E-state index contributed by atoms with van der Waals surface area (Å²) in [6.07, 6.45) is 0. The lowest BCUT2D eigenvalue weighted by molar-refractivity contribution is 0.0891. The molecule has 0 atom stereocenters. The van der Waals surface area contributed by atoms with Crippen molar-refractivity contribution < 1.29 is 13.9 Å². The van der Waals surface area contributed by atoms with Gasteiger partial charge in [-0.05, 0) is 32.0 Å². The average molecular weight is 221 g/mol. The van der Waals surface area contributed by atoms with E-state index in [4.69, 9.17) is 10.00 Å². The van der Waals surface area contributed by atoms with Crippen LogP contribution in [0.15, 0.2) is 18.2 Å². The first-order valence-electron chi connectivity index (χ1n) is 4.72. The lowest BCUT2D eigenvalue weighted by Crippen LogP contribution is -2.22. The summed E-state index contributed by atoms with van der Waals surface area (Å²) in [7, 11) is 1.35. The number of ketones is 1. The highest BCUT2D eigenvalue weighted by Gasteiger charge is 2.28. The monoisotopic (exact) mass is 221 g/mol. The molecular weight excluding hydrogens is 209 g/mol. The lowest BCUT2D eigenvalue weighted by atomic mass is 9.86. The molecule has 0 saturated carbocycles. The topological polar surface area (TPSA) is 50.1 Å². The molecule has 0 fully saturated rings. The van der Waals surface area contributed by atoms with Crippen molar-refractivity contribution in [2.45, 2.75) is 13.8 Å². The molecule has 0 aliphatic heterocycles. The molecule has 0 heterocycles. The van der Waals surface area contributed by atoms with Crippen molar-refractivity contribution in [1.29, 1.82) is 5.26 Å². The van der Waals surface area contributed by atoms with Gasteiger partial charge in [-0.3, -0.25) is 4.79 Å². The molecule has 3 nitrogen and oxygen atoms in total. The van der Waals surface area contributed by atoms with E-state index in [2.05, 4.69) is 0 Å². The van der Waals surface area contributed by atoms with Gasteiger partial charge in [-0.2, -0.15) is 5.26 Å². The maximum atomic E-state index is 13.3. The maximum absolute atomic E-state index is 13.3. The standard InChI is InChI=1S/C12H12FNO2/c1-12(2,7-14)11(15)8-4-5-10(16-3)9(13)6-8/h4-6H,1-3H3. The molecule has 0 aliphatic rings. The average Bonchev–Trinajstić information content (AvgIpc) is 2.27. The SMILES string of the molecule is COc1ccc(C(=O)C(C)(C)C#N)cc1F. The highest BCUT2D eigenvalue weighted by molar-refractivity contribution is 6.01. The molecule has 16 heavy (non-hydrogen) atoms. The number of methoxy groups -OCH3 is 1. The van der Waals surface area contributed by atoms with E-state index in [1.54, 1.807) is 0 Å². The van der Waals surface area contributed by atoms with Gasteiger partial charge in [0.1, 0.15) is 5.41 Å². The first-order valence-corrected chi connectivity index (χ1v) is 4.72. The van der Waals surface area contributed by atoms with Crippen LogP contribution in [0.5, 0.6) is 5.75 Å². The smallest absolute Gasteiger partial charge is 0.182 e. The molecule has 0 spiro atoms. The zero-order valence-electron chi connectivity index (χ0n) is 9.37. The number of benzene rings is 1. The van der Waals surface area contributed by atoms with Gasteiger partial charge in [0.05, 0.1) is 13.2 Å². The minimum absolute atomic E-state index is 0.0753. The molecule has 0 radical (unpaired) electrons. The molecule has 4 heteroatoms. The number of nitriles is 1. The summed E-state index contributed by atoms with van der Waals surface area (Å²) in [5, 5.41) is 8.81. The number of nitrogens with zero attached hydrogens (tertiary/aromatic N) is 1. The van der Waals surface area contributed by atoms with Gasteiger partial charge < -0.3 is 4.74 Å². The zero-order chi connectivity index (χ0) is 12.3. The number of hydrogen-bond donors (Lipinski definition) is 0. The van der Waals surface area contributed by atoms with Gasteiger partial charge in [-0.15, -0.1) is 0 Å². The van der Waals surface area contributed by atoms with Crippen LogP contribution in [0.1, 0.15) is 24.2 Å². The fraction of sp³-hybridized carbons (Fsp3) is 0.333. The fourth-order valence-corrected chi connectivity index (χ4v) is 1.22. The van der Waals surface area contributed by atoms with E-state index in [1.165, 1.54) is 33.1 Å². The molecule has 0 aromatic heterocycles. The maximum Gasteiger partial charge on any atom is 0.182 e. The normalized spacial score (nSPS) is 10.7. The summed E-state index contributed by atoms with van der Waals surface area (Å²) in [5.41, 5.74) is -0.981. The molecule has 0 unspecified atom stereocenters. The fourth-order valence-electron chi connectivity index (χ4n) is 1.22. The molecule has 0 saturated heterocycles. The minimum atomic E-state index is -1.15. The van der Waals surface area contributed by atoms with Gasteiger partial charge >= 0.3 is 0 Å². The van der Waals surface area contributed by atoms with Crippen molar-refractivity contribution in [3.63, 3.8) is 0 Å². The van der Waals surface area contributed by atoms with Crippen molar-refractivity contribution in [2.75, 3.05) is 7.11 Å². The number of rotatable bonds is 3. The number of hydrogen-bond acceptors (Lipinski definition) is 3. The Balaban J connectivity index is 3.13. The van der Waals surface area contributed by atoms with E-state index < -0.39 is 17.0 Å². The third kappa shape index (κ3) is 2.19. The van der Waals surface area contributed by atoms with Crippen LogP contribution in [-0.2, 0) is 0 Å². The Morgan fingerprint density at radius 1 is 1.50 bits per heavy atom. The second kappa shape index (κ2) is 4.31. The molecule has 84 valence electrons. The van der Waals surface area contributed by atoms with Gasteiger partial charge in [0.25, 0.3) is 0 Å². The molecule has 0 aliphatic carbocycles. The summed E-state index contributed by atoms with van der Waals surface area (Å²) in [6.45, 7) is 2.99. The van der Waals surface area contributed by atoms with Crippen LogP contribution >= 0.6 is 0 Å². The van der Waals surface area contributed by atoms with Gasteiger partial charge in [0, 0.05) is 5.56 Å². The van der Waals surface area contributed by atoms with E-state index in [1.807, 2.05) is 6.07 Å². The third-order valence-electron chi connectivity index (χ3n) is 2.26. The number of carbonyl (C=O) groups is 1. The Hall–Kier alpha value is -1.89. The second-order valence-corrected chi connectivity index (χ2v) is 3.92. The van der Waals surface area contributed by atoms with Gasteiger partial charge in [0.15, 0.2) is 17.3 Å². The molecule has 1 rings (SSSR count). The highest BCUT2D eigenvalue weighted by Crippen LogP contribution is 2.24. The Morgan fingerprint density at radius 3 is 2.56 bits per heavy atom. The van der Waals surface area contributed by atoms with Crippen LogP contribution in [0.4, 0.5) is 4.39 Å². The third-order valence-corrected chi connectivity index (χ3v) is 2.26. The predicted molar refractivity (Wildman–Crippen MR) is 56.7 cm³/mol. The zero-order valence-corrected chi connectivity index (χ0v) is 9.37. The molecular formula is C12H12FNO2. The minimum Gasteiger partial charge on any atom is -0.494 e. The van der Waals surface area contributed by atoms with Crippen LogP contribution in [0.3, 0.4) is 0 Å². The second-order valence-electron chi connectivity index (χ2n) is 3.92. The van der Waals surface area contributed by atoms with Gasteiger partial charge in [-0.25, -0.2) is 4.39 Å². The lowest BCUT2D eigenvalue weighted by Gasteiger charge is -2.13. The van der Waals surface area contributed by atoms with E-state index in [9.17, 15) is 9.18 Å². The van der Waals surface area contributed by atoms with Gasteiger partial charge in [-0.1, -0.05) is 0 Å². The summed E-state index contributed by atoms with van der Waals surface area (Å²) in [6, 6.07) is 5.79. The first-order chi connectivity index (χ1) is 7.42. The van der Waals surface area contributed by atoms with Crippen molar-refractivity contribution in [3.05, 3.63) is 29.6 Å². The number of Topliss-reactive ketones (excluding diaryl/α,β-unsaturated/α-hetero) is 1. The van der Waals surface area contributed by atoms with E-state index >= 15 is 0 Å². The number of ether oxygens (including phenoxy) is 1. The van der Waals surface area contributed by atoms with E-state index in [-0.39, 0.29) is 11.3 Å². The first kappa shape index (κ1) is 12.2. The summed E-state index contributed by atoms with van der Waals surface area (Å²) < 4.78 is 18.1. The molecule has 1 aromatic rings. The highest BCUT2D eigenvalue weighted by atomic mass is 19.1. The summed E-state index contributed by atoms with van der Waals surface area (Å²) in [4.78, 5) is 11.8. The van der Waals surface area contributed by atoms with Crippen molar-refractivity contribution in [2.24, 2.45) is 5.41 Å². The molecule has 1 aromatic carbocycles. The van der Waals surface area contributed by atoms with Crippen molar-refractivity contribution >= 4 is 5.78 Å². The molecule has 0 N–H and O–H groups in total. The van der Waals surface area contributed by atoms with Gasteiger partial charge in [0.2, 0.25) is 0 Å². The van der Waals surface area contributed by atoms with Crippen LogP contribution in [0.25, 0.3) is 0 Å². The van der Waals surface area contributed by atoms with Crippen LogP contribution in [-0.4, -0.2) is 12.9 Å². The van der Waals surface area contributed by atoms with E-state index in [0.29, 0.717) is 0 Å². The summed E-state index contributed by atoms with van der Waals surface area (Å²) >= 11 is 0. The van der Waals surface area contributed by atoms with Crippen LogP contribution in [0, 0.1) is 22.6 Å². The largest absolute Gasteiger partial charge is 0.494 e. The van der Waals surface area contributed by atoms with Crippen molar-refractivity contribution in [1.82, 2.24) is 0 Å². The number of halogens is 1. The van der Waals surface area contributed by atoms with E-state index in [0.717, 1.165) is 6.07 Å². The number of carbonyl (C=O) groups excluding carboxylic acids is 1. The predicted octanol–water partition coefficient (Wildman–Crippen LogP) is 2.57. The molecule has 0 bridgehead atoms. The Bertz CT molecular complexity index is 461. The molecule has 0 amide bonds. The Kier molecular flexibility index (Phi) is 3.28.